The first-order valence-electron chi connectivity index (χ1n) is 8.37. The Labute approximate surface area is 158 Å². The molecule has 0 bridgehead atoms. The number of aromatic amines is 2. The van der Waals surface area contributed by atoms with Gasteiger partial charge in [-0.05, 0) is 36.8 Å². The summed E-state index contributed by atoms with van der Waals surface area (Å²) >= 11 is 0. The molecule has 4 N–H and O–H groups in total. The van der Waals surface area contributed by atoms with Gasteiger partial charge in [0.15, 0.2) is 0 Å². The van der Waals surface area contributed by atoms with Crippen LogP contribution in [0.1, 0.15) is 15.9 Å². The third kappa shape index (κ3) is 3.78. The van der Waals surface area contributed by atoms with Crippen LogP contribution < -0.4 is 26.5 Å². The minimum Gasteiger partial charge on any atom is -0.496 e. The van der Waals surface area contributed by atoms with Crippen molar-refractivity contribution in [2.45, 2.75) is 6.92 Å². The Kier molecular flexibility index (Phi) is 5.25. The summed E-state index contributed by atoms with van der Waals surface area (Å²) in [5.41, 5.74) is 0.394. The molecular formula is C19H18N4O5. The van der Waals surface area contributed by atoms with Crippen molar-refractivity contribution >= 4 is 28.3 Å². The lowest BCUT2D eigenvalue weighted by Crippen LogP contribution is -2.33. The van der Waals surface area contributed by atoms with Gasteiger partial charge >= 0.3 is 0 Å². The minimum atomic E-state index is -0.542. The van der Waals surface area contributed by atoms with Gasteiger partial charge in [-0.1, -0.05) is 12.1 Å². The summed E-state index contributed by atoms with van der Waals surface area (Å²) in [6, 6.07) is 9.48. The zero-order valence-corrected chi connectivity index (χ0v) is 15.2. The molecule has 0 radical (unpaired) electrons. The monoisotopic (exact) mass is 382 g/mol. The molecule has 3 aromatic rings. The highest BCUT2D eigenvalue weighted by atomic mass is 16.5. The molecule has 9 heteroatoms. The SMILES string of the molecule is COc1cc(C(=O)NCC(=O)Nc2cccc3c(=O)[nH][nH]c(=O)c23)ccc1C. The van der Waals surface area contributed by atoms with Gasteiger partial charge in [0.2, 0.25) is 5.91 Å². The summed E-state index contributed by atoms with van der Waals surface area (Å²) in [6.45, 7) is 1.54. The minimum absolute atomic E-state index is 0.0641. The average Bonchev–Trinajstić information content (AvgIpc) is 2.69. The van der Waals surface area contributed by atoms with Crippen LogP contribution in [0.15, 0.2) is 46.0 Å². The number of ether oxygens (including phenoxy) is 1. The molecule has 0 atom stereocenters. The van der Waals surface area contributed by atoms with E-state index in [1.165, 1.54) is 19.2 Å². The van der Waals surface area contributed by atoms with Gasteiger partial charge in [-0.25, -0.2) is 0 Å². The Hall–Kier alpha value is -3.88. The lowest BCUT2D eigenvalue weighted by Gasteiger charge is -2.10. The second-order valence-corrected chi connectivity index (χ2v) is 6.05. The van der Waals surface area contributed by atoms with Crippen molar-refractivity contribution in [2.24, 2.45) is 0 Å². The third-order valence-corrected chi connectivity index (χ3v) is 4.18. The number of carbonyl (C=O) groups excluding carboxylic acids is 2. The first kappa shape index (κ1) is 18.9. The number of hydrogen-bond acceptors (Lipinski definition) is 5. The number of amides is 2. The molecule has 9 nitrogen and oxygen atoms in total. The highest BCUT2D eigenvalue weighted by molar-refractivity contribution is 6.04. The van der Waals surface area contributed by atoms with Crippen molar-refractivity contribution in [3.05, 3.63) is 68.2 Å². The molecular weight excluding hydrogens is 364 g/mol. The van der Waals surface area contributed by atoms with Crippen molar-refractivity contribution < 1.29 is 14.3 Å². The lowest BCUT2D eigenvalue weighted by atomic mass is 10.1. The number of anilines is 1. The maximum atomic E-state index is 12.2. The first-order chi connectivity index (χ1) is 13.4. The van der Waals surface area contributed by atoms with Crippen LogP contribution >= 0.6 is 0 Å². The number of fused-ring (bicyclic) bond motifs is 1. The maximum absolute atomic E-state index is 12.2. The fraction of sp³-hybridized carbons (Fsp3) is 0.158. The normalized spacial score (nSPS) is 10.5. The average molecular weight is 382 g/mol. The fourth-order valence-electron chi connectivity index (χ4n) is 2.75. The number of aromatic nitrogens is 2. The quantitative estimate of drug-likeness (QED) is 0.520. The van der Waals surface area contributed by atoms with E-state index in [2.05, 4.69) is 20.8 Å². The van der Waals surface area contributed by atoms with Gasteiger partial charge in [0, 0.05) is 5.56 Å². The number of aryl methyl sites for hydroxylation is 1. The summed E-state index contributed by atoms with van der Waals surface area (Å²) in [7, 11) is 1.51. The second-order valence-electron chi connectivity index (χ2n) is 6.05. The predicted molar refractivity (Wildman–Crippen MR) is 104 cm³/mol. The van der Waals surface area contributed by atoms with E-state index in [-0.39, 0.29) is 23.0 Å². The van der Waals surface area contributed by atoms with Crippen molar-refractivity contribution in [1.29, 1.82) is 0 Å². The van der Waals surface area contributed by atoms with Gasteiger partial charge in [-0.3, -0.25) is 29.4 Å². The van der Waals surface area contributed by atoms with Crippen molar-refractivity contribution in [3.63, 3.8) is 0 Å². The molecule has 0 spiro atoms. The smallest absolute Gasteiger partial charge is 0.272 e. The van der Waals surface area contributed by atoms with Gasteiger partial charge in [-0.2, -0.15) is 0 Å². The molecule has 1 aromatic heterocycles. The number of hydrogen-bond donors (Lipinski definition) is 4. The van der Waals surface area contributed by atoms with E-state index in [4.69, 9.17) is 4.74 Å². The van der Waals surface area contributed by atoms with Crippen LogP contribution in [0.3, 0.4) is 0 Å². The highest BCUT2D eigenvalue weighted by Gasteiger charge is 2.13. The zero-order valence-electron chi connectivity index (χ0n) is 15.2. The first-order valence-corrected chi connectivity index (χ1v) is 8.37. The van der Waals surface area contributed by atoms with E-state index in [1.54, 1.807) is 24.3 Å². The Morgan fingerprint density at radius 2 is 1.82 bits per heavy atom. The number of benzene rings is 2. The van der Waals surface area contributed by atoms with E-state index < -0.39 is 22.9 Å². The van der Waals surface area contributed by atoms with Gasteiger partial charge in [0.25, 0.3) is 17.0 Å². The molecule has 0 unspecified atom stereocenters. The van der Waals surface area contributed by atoms with Crippen LogP contribution in [0.25, 0.3) is 10.8 Å². The summed E-state index contributed by atoms with van der Waals surface area (Å²) in [4.78, 5) is 48.3. The number of rotatable bonds is 5. The van der Waals surface area contributed by atoms with Gasteiger partial charge < -0.3 is 15.4 Å². The van der Waals surface area contributed by atoms with Crippen LogP contribution in [-0.4, -0.2) is 35.7 Å². The number of nitrogens with one attached hydrogen (secondary N) is 4. The van der Waals surface area contributed by atoms with E-state index in [0.29, 0.717) is 11.3 Å². The van der Waals surface area contributed by atoms with Crippen LogP contribution in [-0.2, 0) is 4.79 Å². The van der Waals surface area contributed by atoms with Crippen LogP contribution in [0.4, 0.5) is 5.69 Å². The van der Waals surface area contributed by atoms with Gasteiger partial charge in [-0.15, -0.1) is 0 Å². The zero-order chi connectivity index (χ0) is 20.3. The molecule has 0 aliphatic carbocycles. The summed E-state index contributed by atoms with van der Waals surface area (Å²) in [5, 5.41) is 9.70. The molecule has 0 fully saturated rings. The van der Waals surface area contributed by atoms with Crippen LogP contribution in [0.2, 0.25) is 0 Å². The summed E-state index contributed by atoms with van der Waals surface area (Å²) < 4.78 is 5.18. The Morgan fingerprint density at radius 1 is 1.07 bits per heavy atom. The second kappa shape index (κ2) is 7.78. The molecule has 3 rings (SSSR count). The Morgan fingerprint density at radius 3 is 2.57 bits per heavy atom. The molecule has 1 heterocycles. The van der Waals surface area contributed by atoms with Crippen LogP contribution in [0.5, 0.6) is 5.75 Å². The number of methoxy groups -OCH3 is 1. The van der Waals surface area contributed by atoms with E-state index in [1.807, 2.05) is 6.92 Å². The Bertz CT molecular complexity index is 1180. The molecule has 28 heavy (non-hydrogen) atoms. The Balaban J connectivity index is 1.73. The molecule has 2 amide bonds. The molecule has 0 aliphatic heterocycles. The molecule has 0 saturated carbocycles. The number of carbonyl (C=O) groups is 2. The molecule has 2 aromatic carbocycles. The predicted octanol–water partition coefficient (Wildman–Crippen LogP) is 0.902. The molecule has 144 valence electrons. The van der Waals surface area contributed by atoms with Crippen molar-refractivity contribution in [2.75, 3.05) is 19.0 Å². The summed E-state index contributed by atoms with van der Waals surface area (Å²) in [5.74, 6) is -0.419. The summed E-state index contributed by atoms with van der Waals surface area (Å²) in [6.07, 6.45) is 0. The molecule has 0 saturated heterocycles. The highest BCUT2D eigenvalue weighted by Crippen LogP contribution is 2.19. The number of H-pyrrole nitrogens is 2. The van der Waals surface area contributed by atoms with E-state index in [0.717, 1.165) is 5.56 Å². The van der Waals surface area contributed by atoms with Crippen LogP contribution in [0, 0.1) is 6.92 Å². The van der Waals surface area contributed by atoms with E-state index in [9.17, 15) is 19.2 Å². The lowest BCUT2D eigenvalue weighted by molar-refractivity contribution is -0.115. The standard InChI is InChI=1S/C19H18N4O5/c1-10-6-7-11(8-14(10)28-2)17(25)20-9-15(24)21-13-5-3-4-12-16(13)19(27)23-22-18(12)26/h3-8H,9H2,1-2H3,(H,20,25)(H,21,24)(H,22,26)(H,23,27). The molecule has 0 aliphatic rings. The van der Waals surface area contributed by atoms with E-state index >= 15 is 0 Å². The van der Waals surface area contributed by atoms with Gasteiger partial charge in [0.1, 0.15) is 5.75 Å². The largest absolute Gasteiger partial charge is 0.496 e. The topological polar surface area (TPSA) is 133 Å². The third-order valence-electron chi connectivity index (χ3n) is 4.18. The maximum Gasteiger partial charge on any atom is 0.272 e. The fourth-order valence-corrected chi connectivity index (χ4v) is 2.75. The van der Waals surface area contributed by atoms with Gasteiger partial charge in [0.05, 0.1) is 30.1 Å². The van der Waals surface area contributed by atoms with Crippen molar-refractivity contribution in [1.82, 2.24) is 15.5 Å². The van der Waals surface area contributed by atoms with Crippen molar-refractivity contribution in [3.8, 4) is 5.75 Å².